The number of guanidine groups is 1. The van der Waals surface area contributed by atoms with Crippen molar-refractivity contribution in [1.82, 2.24) is 15.1 Å². The zero-order valence-corrected chi connectivity index (χ0v) is 17.9. The minimum absolute atomic E-state index is 0. The Morgan fingerprint density at radius 2 is 1.89 bits per heavy atom. The lowest BCUT2D eigenvalue weighted by molar-refractivity contribution is 0.0652. The van der Waals surface area contributed by atoms with Crippen LogP contribution in [0.3, 0.4) is 0 Å². The Kier molecular flexibility index (Phi) is 8.03. The van der Waals surface area contributed by atoms with E-state index in [1.807, 2.05) is 6.92 Å². The van der Waals surface area contributed by atoms with Crippen LogP contribution in [0.2, 0.25) is 0 Å². The molecule has 0 unspecified atom stereocenters. The molecule has 0 bridgehead atoms. The number of aliphatic imine (C=N–C) groups is 1. The SMILES string of the molecule is CCNC(=NCCCCN1C(=O)c2ccccc2C1=O)N1CC[C@@H](O)C1.I. The number of carbonyl (C=O) groups excluding carboxylic acids is 2. The van der Waals surface area contributed by atoms with E-state index in [2.05, 4.69) is 15.2 Å². The Morgan fingerprint density at radius 1 is 1.22 bits per heavy atom. The molecule has 1 aromatic carbocycles. The zero-order valence-electron chi connectivity index (χ0n) is 15.6. The summed E-state index contributed by atoms with van der Waals surface area (Å²) in [4.78, 5) is 32.6. The standard InChI is InChI=1S/C19H26N4O3.HI/c1-2-20-19(22-12-9-14(24)13-22)21-10-5-6-11-23-17(25)15-7-3-4-8-16(15)18(23)26;/h3-4,7-8,14,24H,2,5-6,9-13H2,1H3,(H,20,21);1H/t14-;/m1./s1. The number of aliphatic hydroxyl groups is 1. The molecular formula is C19H27IN4O3. The third-order valence-electron chi connectivity index (χ3n) is 4.73. The van der Waals surface area contributed by atoms with Crippen LogP contribution in [0, 0.1) is 0 Å². The highest BCUT2D eigenvalue weighted by molar-refractivity contribution is 14.0. The minimum atomic E-state index is -0.285. The van der Waals surface area contributed by atoms with E-state index in [-0.39, 0.29) is 41.9 Å². The van der Waals surface area contributed by atoms with Crippen molar-refractivity contribution in [2.24, 2.45) is 4.99 Å². The Bertz CT molecular complexity index is 675. The maximum Gasteiger partial charge on any atom is 0.261 e. The van der Waals surface area contributed by atoms with Crippen molar-refractivity contribution in [3.63, 3.8) is 0 Å². The van der Waals surface area contributed by atoms with E-state index < -0.39 is 0 Å². The average molecular weight is 486 g/mol. The predicted octanol–water partition coefficient (Wildman–Crippen LogP) is 1.71. The number of nitrogens with one attached hydrogen (secondary N) is 1. The topological polar surface area (TPSA) is 85.2 Å². The smallest absolute Gasteiger partial charge is 0.261 e. The van der Waals surface area contributed by atoms with Gasteiger partial charge in [0.05, 0.1) is 17.2 Å². The van der Waals surface area contributed by atoms with Crippen molar-refractivity contribution in [3.8, 4) is 0 Å². The van der Waals surface area contributed by atoms with Gasteiger partial charge in [0.25, 0.3) is 11.8 Å². The highest BCUT2D eigenvalue weighted by Gasteiger charge is 2.34. The fraction of sp³-hybridized carbons (Fsp3) is 0.526. The Morgan fingerprint density at radius 3 is 2.44 bits per heavy atom. The van der Waals surface area contributed by atoms with Gasteiger partial charge in [0.1, 0.15) is 0 Å². The second-order valence-corrected chi connectivity index (χ2v) is 6.64. The minimum Gasteiger partial charge on any atom is -0.391 e. The van der Waals surface area contributed by atoms with E-state index in [0.717, 1.165) is 38.3 Å². The molecule has 0 aromatic heterocycles. The van der Waals surface area contributed by atoms with Crippen LogP contribution in [0.1, 0.15) is 46.9 Å². The number of hydrogen-bond donors (Lipinski definition) is 2. The lowest BCUT2D eigenvalue weighted by Gasteiger charge is -2.21. The van der Waals surface area contributed by atoms with Crippen molar-refractivity contribution in [1.29, 1.82) is 0 Å². The summed E-state index contributed by atoms with van der Waals surface area (Å²) in [5.41, 5.74) is 0.995. The van der Waals surface area contributed by atoms with Crippen LogP contribution < -0.4 is 5.32 Å². The first-order valence-electron chi connectivity index (χ1n) is 9.28. The highest BCUT2D eigenvalue weighted by Crippen LogP contribution is 2.22. The van der Waals surface area contributed by atoms with Crippen LogP contribution in [0.5, 0.6) is 0 Å². The molecule has 0 spiro atoms. The number of likely N-dealkylation sites (tertiary alicyclic amines) is 1. The van der Waals surface area contributed by atoms with E-state index in [1.165, 1.54) is 4.90 Å². The molecule has 8 heteroatoms. The number of imide groups is 1. The third-order valence-corrected chi connectivity index (χ3v) is 4.73. The van der Waals surface area contributed by atoms with Crippen LogP contribution >= 0.6 is 24.0 Å². The molecule has 1 saturated heterocycles. The predicted molar refractivity (Wildman–Crippen MR) is 115 cm³/mol. The molecule has 0 aliphatic carbocycles. The zero-order chi connectivity index (χ0) is 18.5. The normalized spacial score (nSPS) is 19.3. The number of halogens is 1. The van der Waals surface area contributed by atoms with Crippen molar-refractivity contribution >= 4 is 41.8 Å². The van der Waals surface area contributed by atoms with Crippen molar-refractivity contribution < 1.29 is 14.7 Å². The molecule has 148 valence electrons. The molecule has 27 heavy (non-hydrogen) atoms. The van der Waals surface area contributed by atoms with Gasteiger partial charge in [-0.2, -0.15) is 0 Å². The molecule has 2 aliphatic rings. The molecule has 0 saturated carbocycles. The lowest BCUT2D eigenvalue weighted by atomic mass is 10.1. The quantitative estimate of drug-likeness (QED) is 0.210. The molecule has 0 radical (unpaired) electrons. The number of amides is 2. The molecule has 2 heterocycles. The van der Waals surface area contributed by atoms with Gasteiger partial charge in [0, 0.05) is 32.7 Å². The fourth-order valence-electron chi connectivity index (χ4n) is 3.37. The fourth-order valence-corrected chi connectivity index (χ4v) is 3.37. The summed E-state index contributed by atoms with van der Waals surface area (Å²) in [5, 5.41) is 12.9. The van der Waals surface area contributed by atoms with Gasteiger partial charge in [-0.1, -0.05) is 12.1 Å². The van der Waals surface area contributed by atoms with Crippen LogP contribution in [-0.4, -0.2) is 71.5 Å². The number of unbranched alkanes of at least 4 members (excludes halogenated alkanes) is 1. The summed E-state index contributed by atoms with van der Waals surface area (Å²) in [6.07, 6.45) is 1.99. The van der Waals surface area contributed by atoms with Crippen molar-refractivity contribution in [3.05, 3.63) is 35.4 Å². The molecule has 7 nitrogen and oxygen atoms in total. The van der Waals surface area contributed by atoms with Crippen LogP contribution in [0.15, 0.2) is 29.3 Å². The maximum atomic E-state index is 12.3. The van der Waals surface area contributed by atoms with E-state index in [9.17, 15) is 14.7 Å². The summed E-state index contributed by atoms with van der Waals surface area (Å²) in [7, 11) is 0. The van der Waals surface area contributed by atoms with E-state index in [1.54, 1.807) is 24.3 Å². The summed E-state index contributed by atoms with van der Waals surface area (Å²) in [5.74, 6) is 0.423. The summed E-state index contributed by atoms with van der Waals surface area (Å²) >= 11 is 0. The first kappa shape index (κ1) is 21.6. The van der Waals surface area contributed by atoms with Gasteiger partial charge < -0.3 is 15.3 Å². The number of benzene rings is 1. The van der Waals surface area contributed by atoms with Crippen molar-refractivity contribution in [2.75, 3.05) is 32.7 Å². The lowest BCUT2D eigenvalue weighted by Crippen LogP contribution is -2.40. The molecule has 1 atom stereocenters. The van der Waals surface area contributed by atoms with Crippen molar-refractivity contribution in [2.45, 2.75) is 32.3 Å². The van der Waals surface area contributed by atoms with Gasteiger partial charge in [-0.25, -0.2) is 0 Å². The number of rotatable bonds is 6. The van der Waals surface area contributed by atoms with Gasteiger partial charge >= 0.3 is 0 Å². The van der Waals surface area contributed by atoms with Gasteiger partial charge in [0.2, 0.25) is 0 Å². The van der Waals surface area contributed by atoms with E-state index >= 15 is 0 Å². The molecular weight excluding hydrogens is 459 g/mol. The number of β-amino-alcohol motifs (C(OH)–C–C–N with tert-alkyl or cyclic N) is 1. The third kappa shape index (κ3) is 4.98. The molecule has 2 amide bonds. The Labute approximate surface area is 176 Å². The summed E-state index contributed by atoms with van der Waals surface area (Å²) in [6.45, 7) is 5.26. The first-order valence-corrected chi connectivity index (χ1v) is 9.28. The summed E-state index contributed by atoms with van der Waals surface area (Å²) in [6, 6.07) is 6.96. The van der Waals surface area contributed by atoms with E-state index in [0.29, 0.717) is 30.8 Å². The summed E-state index contributed by atoms with van der Waals surface area (Å²) < 4.78 is 0. The number of fused-ring (bicyclic) bond motifs is 1. The highest BCUT2D eigenvalue weighted by atomic mass is 127. The molecule has 1 fully saturated rings. The molecule has 3 rings (SSSR count). The number of carbonyl (C=O) groups is 2. The number of aliphatic hydroxyl groups excluding tert-OH is 1. The molecule has 1 aromatic rings. The van der Waals surface area contributed by atoms with Gasteiger partial charge in [-0.05, 0) is 38.3 Å². The number of hydrogen-bond acceptors (Lipinski definition) is 4. The Hall–Kier alpha value is -1.68. The maximum absolute atomic E-state index is 12.3. The first-order chi connectivity index (χ1) is 12.6. The average Bonchev–Trinajstić information content (AvgIpc) is 3.18. The van der Waals surface area contributed by atoms with Crippen LogP contribution in [0.25, 0.3) is 0 Å². The van der Waals surface area contributed by atoms with Gasteiger partial charge in [-0.3, -0.25) is 19.5 Å². The van der Waals surface area contributed by atoms with Gasteiger partial charge in [-0.15, -0.1) is 24.0 Å². The molecule has 2 aliphatic heterocycles. The number of nitrogens with zero attached hydrogens (tertiary/aromatic N) is 3. The second kappa shape index (κ2) is 10.0. The monoisotopic (exact) mass is 486 g/mol. The van der Waals surface area contributed by atoms with Crippen LogP contribution in [-0.2, 0) is 0 Å². The van der Waals surface area contributed by atoms with Crippen LogP contribution in [0.4, 0.5) is 0 Å². The van der Waals surface area contributed by atoms with Gasteiger partial charge in [0.15, 0.2) is 5.96 Å². The largest absolute Gasteiger partial charge is 0.391 e. The molecule has 2 N–H and O–H groups in total. The van der Waals surface area contributed by atoms with E-state index in [4.69, 9.17) is 0 Å². The second-order valence-electron chi connectivity index (χ2n) is 6.64. The Balaban J connectivity index is 0.00000261.